The van der Waals surface area contributed by atoms with Crippen LogP contribution in [0.15, 0.2) is 55.4 Å². The average Bonchev–Trinajstić information content (AvgIpc) is 3.86. The van der Waals surface area contributed by atoms with Crippen molar-refractivity contribution in [3.8, 4) is 5.75 Å². The van der Waals surface area contributed by atoms with E-state index in [1.54, 1.807) is 30.4 Å². The minimum atomic E-state index is -0.471. The molecule has 0 spiro atoms. The molecule has 4 heterocycles. The maximum absolute atomic E-state index is 15.0. The molecule has 7 rings (SSSR count). The smallest absolute Gasteiger partial charge is 0.247 e. The molecule has 1 saturated carbocycles. The lowest BCUT2D eigenvalue weighted by atomic mass is 9.99. The van der Waals surface area contributed by atoms with Crippen molar-refractivity contribution in [3.05, 3.63) is 71.8 Å². The van der Waals surface area contributed by atoms with Gasteiger partial charge in [0, 0.05) is 75.0 Å². The summed E-state index contributed by atoms with van der Waals surface area (Å²) in [6.45, 7) is 11.6. The van der Waals surface area contributed by atoms with Gasteiger partial charge in [0.05, 0.1) is 41.8 Å². The second-order valence-corrected chi connectivity index (χ2v) is 13.7. The fraction of sp³-hybridized carbons (Fsp3) is 0.472. The first-order chi connectivity index (χ1) is 23.8. The van der Waals surface area contributed by atoms with Crippen molar-refractivity contribution >= 4 is 46.2 Å². The minimum absolute atomic E-state index is 0.0606. The van der Waals surface area contributed by atoms with Crippen LogP contribution in [0, 0.1) is 5.82 Å². The molecule has 49 heavy (non-hydrogen) atoms. The quantitative estimate of drug-likeness (QED) is 0.241. The maximum atomic E-state index is 15.0. The zero-order valence-corrected chi connectivity index (χ0v) is 28.8. The molecule has 0 radical (unpaired) electrons. The van der Waals surface area contributed by atoms with Crippen LogP contribution >= 0.6 is 11.6 Å². The number of ether oxygens (including phenoxy) is 1. The first kappa shape index (κ1) is 33.5. The number of nitrogens with one attached hydrogen (secondary N) is 2. The number of hydroxylamine groups is 1. The van der Waals surface area contributed by atoms with Crippen LogP contribution in [0.2, 0.25) is 5.02 Å². The molecule has 11 nitrogen and oxygen atoms in total. The van der Waals surface area contributed by atoms with Crippen molar-refractivity contribution in [3.63, 3.8) is 0 Å². The molecule has 1 amide bonds. The highest BCUT2D eigenvalue weighted by Gasteiger charge is 2.37. The van der Waals surface area contributed by atoms with Crippen molar-refractivity contribution in [2.75, 3.05) is 67.0 Å². The summed E-state index contributed by atoms with van der Waals surface area (Å²) in [7, 11) is 1.62. The van der Waals surface area contributed by atoms with Crippen LogP contribution in [0.1, 0.15) is 50.6 Å². The monoisotopic (exact) mass is 690 g/mol. The van der Waals surface area contributed by atoms with Gasteiger partial charge < -0.3 is 20.3 Å². The van der Waals surface area contributed by atoms with Gasteiger partial charge in [0.25, 0.3) is 0 Å². The zero-order valence-electron chi connectivity index (χ0n) is 28.1. The number of benzene rings is 2. The number of hydrogen-bond acceptors (Lipinski definition) is 10. The maximum Gasteiger partial charge on any atom is 0.247 e. The van der Waals surface area contributed by atoms with Crippen molar-refractivity contribution in [1.82, 2.24) is 19.8 Å². The Morgan fingerprint density at radius 3 is 2.61 bits per heavy atom. The second-order valence-electron chi connectivity index (χ2n) is 13.3. The van der Waals surface area contributed by atoms with Crippen LogP contribution in [-0.2, 0) is 9.63 Å². The Labute approximate surface area is 292 Å². The number of rotatable bonds is 10. The molecule has 3 saturated heterocycles. The lowest BCUT2D eigenvalue weighted by Crippen LogP contribution is -2.57. The number of piperidine rings is 1. The van der Waals surface area contributed by atoms with E-state index in [1.807, 2.05) is 12.1 Å². The summed E-state index contributed by atoms with van der Waals surface area (Å²) in [6.07, 6.45) is 8.06. The molecule has 1 aromatic heterocycles. The Morgan fingerprint density at radius 1 is 1.06 bits per heavy atom. The Kier molecular flexibility index (Phi) is 9.91. The third-order valence-electron chi connectivity index (χ3n) is 10.2. The lowest BCUT2D eigenvalue weighted by molar-refractivity contribution is -0.111. The molecule has 0 bridgehead atoms. The van der Waals surface area contributed by atoms with Crippen molar-refractivity contribution in [2.24, 2.45) is 0 Å². The number of amides is 1. The topological polar surface area (TPSA) is 98.3 Å². The van der Waals surface area contributed by atoms with Gasteiger partial charge in [-0.15, -0.1) is 0 Å². The zero-order chi connectivity index (χ0) is 34.1. The van der Waals surface area contributed by atoms with Crippen molar-refractivity contribution < 1.29 is 18.8 Å². The number of piperazine rings is 1. The summed E-state index contributed by atoms with van der Waals surface area (Å²) < 4.78 is 20.8. The predicted octanol–water partition coefficient (Wildman–Crippen LogP) is 6.17. The summed E-state index contributed by atoms with van der Waals surface area (Å²) in [6, 6.07) is 12.0. The molecular formula is C36H44ClFN8O3. The molecule has 3 aromatic rings. The number of carbonyl (C=O) groups is 1. The Balaban J connectivity index is 1.09. The number of methoxy groups -OCH3 is 1. The largest absolute Gasteiger partial charge is 0.494 e. The van der Waals surface area contributed by atoms with Gasteiger partial charge in [-0.3, -0.25) is 19.4 Å². The summed E-state index contributed by atoms with van der Waals surface area (Å²) >= 11 is 6.08. The fourth-order valence-electron chi connectivity index (χ4n) is 7.56. The van der Waals surface area contributed by atoms with E-state index < -0.39 is 11.9 Å². The summed E-state index contributed by atoms with van der Waals surface area (Å²) in [5, 5.41) is 8.00. The van der Waals surface area contributed by atoms with Gasteiger partial charge >= 0.3 is 0 Å². The van der Waals surface area contributed by atoms with Gasteiger partial charge in [-0.25, -0.2) is 19.4 Å². The van der Waals surface area contributed by atoms with Crippen LogP contribution in [0.3, 0.4) is 0 Å². The molecule has 13 heteroatoms. The predicted molar refractivity (Wildman–Crippen MR) is 190 cm³/mol. The highest BCUT2D eigenvalue weighted by molar-refractivity contribution is 6.30. The summed E-state index contributed by atoms with van der Waals surface area (Å²) in [5.41, 5.74) is 2.58. The first-order valence-corrected chi connectivity index (χ1v) is 17.6. The number of anilines is 5. The molecule has 260 valence electrons. The van der Waals surface area contributed by atoms with Gasteiger partial charge in [0.15, 0.2) is 5.82 Å². The number of halogens is 2. The van der Waals surface area contributed by atoms with Gasteiger partial charge in [-0.1, -0.05) is 30.3 Å². The highest BCUT2D eigenvalue weighted by atomic mass is 35.5. The van der Waals surface area contributed by atoms with Gasteiger partial charge in [-0.2, -0.15) is 0 Å². The van der Waals surface area contributed by atoms with Crippen LogP contribution in [-0.4, -0.2) is 90.2 Å². The van der Waals surface area contributed by atoms with E-state index in [1.165, 1.54) is 37.9 Å². The minimum Gasteiger partial charge on any atom is -0.494 e. The van der Waals surface area contributed by atoms with Crippen molar-refractivity contribution in [2.45, 2.75) is 63.2 Å². The molecule has 2 atom stereocenters. The SMILES string of the molecule is C=CC(=O)Nc1cc(Nc2cc(N3OCC[C@@H]3c3cccc(Cl)c3F)ncn2)c(OC)cc1N1CCC(N2CCN(C3CC3)C[C@@H]2C)CC1. The van der Waals surface area contributed by atoms with E-state index in [-0.39, 0.29) is 10.9 Å². The van der Waals surface area contributed by atoms with Crippen LogP contribution in [0.4, 0.5) is 33.1 Å². The van der Waals surface area contributed by atoms with Gasteiger partial charge in [-0.05, 0) is 50.8 Å². The molecule has 0 unspecified atom stereocenters. The van der Waals surface area contributed by atoms with Crippen molar-refractivity contribution in [1.29, 1.82) is 0 Å². The molecule has 2 N–H and O–H groups in total. The van der Waals surface area contributed by atoms with Crippen LogP contribution in [0.5, 0.6) is 5.75 Å². The molecule has 1 aliphatic carbocycles. The Hall–Kier alpha value is -3.97. The third kappa shape index (κ3) is 7.19. The fourth-order valence-corrected chi connectivity index (χ4v) is 7.74. The number of carbonyl (C=O) groups excluding carboxylic acids is 1. The van der Waals surface area contributed by atoms with E-state index in [0.29, 0.717) is 59.4 Å². The Morgan fingerprint density at radius 2 is 1.88 bits per heavy atom. The van der Waals surface area contributed by atoms with Crippen LogP contribution in [0.25, 0.3) is 0 Å². The van der Waals surface area contributed by atoms with Gasteiger partial charge in [0.1, 0.15) is 23.7 Å². The second kappa shape index (κ2) is 14.5. The Bertz CT molecular complexity index is 1680. The highest BCUT2D eigenvalue weighted by Crippen LogP contribution is 2.41. The summed E-state index contributed by atoms with van der Waals surface area (Å²) in [5.74, 6) is 0.747. The molecule has 4 fully saturated rings. The van der Waals surface area contributed by atoms with E-state index in [2.05, 4.69) is 48.8 Å². The van der Waals surface area contributed by atoms with E-state index in [0.717, 1.165) is 50.7 Å². The standard InChI is InChI=1S/C36H44ClFN8O3/c1-4-35(47)42-28-18-29(41-33-20-34(40-22-39-33)46-30(12-17-49-46)26-6-5-7-27(37)36(26)38)32(48-3)19-31(28)43-13-10-25(11-14-43)45-16-15-44(21-23(45)2)24-8-9-24/h4-7,18-20,22-25,30H,1,8-17,21H2,2-3H3,(H,42,47)(H,39,40,41)/t23-,30+/m0/s1. The first-order valence-electron chi connectivity index (χ1n) is 17.2. The van der Waals surface area contributed by atoms with Crippen LogP contribution < -0.4 is 25.3 Å². The normalized spacial score (nSPS) is 22.3. The lowest BCUT2D eigenvalue weighted by Gasteiger charge is -2.47. The average molecular weight is 691 g/mol. The van der Waals surface area contributed by atoms with Gasteiger partial charge in [0.2, 0.25) is 5.91 Å². The molecular weight excluding hydrogens is 647 g/mol. The molecule has 3 aliphatic heterocycles. The number of hydrogen-bond donors (Lipinski definition) is 2. The molecule has 4 aliphatic rings. The van der Waals surface area contributed by atoms with E-state index >= 15 is 0 Å². The molecule has 2 aromatic carbocycles. The third-order valence-corrected chi connectivity index (χ3v) is 10.5. The summed E-state index contributed by atoms with van der Waals surface area (Å²) in [4.78, 5) is 35.1. The van der Waals surface area contributed by atoms with E-state index in [4.69, 9.17) is 21.2 Å². The van der Waals surface area contributed by atoms with E-state index in [9.17, 15) is 9.18 Å². The number of aromatic nitrogens is 2. The number of nitrogens with zero attached hydrogens (tertiary/aromatic N) is 6.